The number of amides is 1. The standard InChI is InChI=1S/C12H19N3O3S/c1-8(2)7-9(13)12(17)15-19(14,18)11-6-4-3-5-10(11)16/h3-6,8-9,16H,7,13H2,1-2H3,(H2,14,15,17,18)/t9-,19?/m0/s1. The van der Waals surface area contributed by atoms with Crippen molar-refractivity contribution in [1.82, 2.24) is 0 Å². The normalized spacial score (nSPS) is 15.8. The van der Waals surface area contributed by atoms with Gasteiger partial charge in [0.25, 0.3) is 5.91 Å². The number of rotatable bonds is 4. The molecule has 5 N–H and O–H groups in total. The molecule has 7 heteroatoms. The molecule has 0 radical (unpaired) electrons. The molecule has 0 saturated heterocycles. The molecule has 106 valence electrons. The summed E-state index contributed by atoms with van der Waals surface area (Å²) >= 11 is 0. The van der Waals surface area contributed by atoms with E-state index < -0.39 is 21.9 Å². The van der Waals surface area contributed by atoms with E-state index in [1.807, 2.05) is 13.8 Å². The quantitative estimate of drug-likeness (QED) is 0.764. The van der Waals surface area contributed by atoms with Crippen LogP contribution in [0.4, 0.5) is 0 Å². The van der Waals surface area contributed by atoms with E-state index in [1.165, 1.54) is 12.1 Å². The SMILES string of the molecule is CC(C)C[C@H](N)C(=O)N=S(N)(=O)c1ccccc1O. The fourth-order valence-corrected chi connectivity index (χ4v) is 2.71. The van der Waals surface area contributed by atoms with Gasteiger partial charge in [0.2, 0.25) is 0 Å². The molecule has 1 amide bonds. The Morgan fingerprint density at radius 2 is 2.00 bits per heavy atom. The van der Waals surface area contributed by atoms with Crippen LogP contribution in [-0.2, 0) is 14.7 Å². The Balaban J connectivity index is 3.07. The number of benzene rings is 1. The van der Waals surface area contributed by atoms with E-state index in [4.69, 9.17) is 10.9 Å². The van der Waals surface area contributed by atoms with Gasteiger partial charge in [-0.1, -0.05) is 26.0 Å². The third-order valence-electron chi connectivity index (χ3n) is 2.45. The Labute approximate surface area is 113 Å². The molecule has 6 nitrogen and oxygen atoms in total. The molecular formula is C12H19N3O3S. The molecule has 0 heterocycles. The van der Waals surface area contributed by atoms with Gasteiger partial charge in [0.05, 0.1) is 6.04 Å². The van der Waals surface area contributed by atoms with E-state index in [2.05, 4.69) is 4.36 Å². The highest BCUT2D eigenvalue weighted by Crippen LogP contribution is 2.21. The van der Waals surface area contributed by atoms with Crippen LogP contribution in [-0.4, -0.2) is 21.3 Å². The molecule has 1 aromatic carbocycles. The molecule has 2 atom stereocenters. The van der Waals surface area contributed by atoms with Crippen molar-refractivity contribution < 1.29 is 14.1 Å². The molecule has 19 heavy (non-hydrogen) atoms. The topological polar surface area (TPSA) is 119 Å². The molecule has 0 spiro atoms. The number of hydrogen-bond donors (Lipinski definition) is 3. The molecule has 0 aliphatic carbocycles. The number of hydrogen-bond acceptors (Lipinski definition) is 4. The maximum Gasteiger partial charge on any atom is 0.271 e. The first-order valence-electron chi connectivity index (χ1n) is 5.86. The third kappa shape index (κ3) is 4.30. The number of phenols is 1. The molecule has 0 aromatic heterocycles. The van der Waals surface area contributed by atoms with Crippen molar-refractivity contribution in [3.63, 3.8) is 0 Å². The van der Waals surface area contributed by atoms with Crippen molar-refractivity contribution in [2.45, 2.75) is 31.2 Å². The number of para-hydroxylation sites is 1. The minimum Gasteiger partial charge on any atom is -0.507 e. The zero-order valence-electron chi connectivity index (χ0n) is 10.9. The Morgan fingerprint density at radius 1 is 1.42 bits per heavy atom. The summed E-state index contributed by atoms with van der Waals surface area (Å²) in [5, 5.41) is 15.1. The van der Waals surface area contributed by atoms with E-state index in [0.29, 0.717) is 6.42 Å². The number of nitrogens with zero attached hydrogens (tertiary/aromatic N) is 1. The average Bonchev–Trinajstić information content (AvgIpc) is 2.27. The van der Waals surface area contributed by atoms with Crippen LogP contribution in [0, 0.1) is 5.92 Å². The van der Waals surface area contributed by atoms with Crippen LogP contribution in [0.2, 0.25) is 0 Å². The van der Waals surface area contributed by atoms with Crippen LogP contribution in [0.1, 0.15) is 20.3 Å². The highest BCUT2D eigenvalue weighted by molar-refractivity contribution is 7.91. The second-order valence-corrected chi connectivity index (χ2v) is 6.46. The molecule has 1 rings (SSSR count). The monoisotopic (exact) mass is 285 g/mol. The van der Waals surface area contributed by atoms with Crippen molar-refractivity contribution in [2.24, 2.45) is 21.2 Å². The second-order valence-electron chi connectivity index (χ2n) is 4.70. The summed E-state index contributed by atoms with van der Waals surface area (Å²) in [5.41, 5.74) is 5.65. The Bertz CT molecular complexity index is 577. The molecular weight excluding hydrogens is 266 g/mol. The van der Waals surface area contributed by atoms with Gasteiger partial charge in [0.15, 0.2) is 0 Å². The van der Waals surface area contributed by atoms with Crippen LogP contribution in [0.5, 0.6) is 5.75 Å². The van der Waals surface area contributed by atoms with Crippen molar-refractivity contribution in [1.29, 1.82) is 0 Å². The Hall–Kier alpha value is -1.44. The number of aromatic hydroxyl groups is 1. The van der Waals surface area contributed by atoms with Crippen LogP contribution < -0.4 is 10.9 Å². The first kappa shape index (κ1) is 15.6. The summed E-state index contributed by atoms with van der Waals surface area (Å²) < 4.78 is 15.7. The highest BCUT2D eigenvalue weighted by atomic mass is 32.2. The van der Waals surface area contributed by atoms with Crippen LogP contribution >= 0.6 is 0 Å². The van der Waals surface area contributed by atoms with Gasteiger partial charge >= 0.3 is 0 Å². The molecule has 0 saturated carbocycles. The third-order valence-corrected chi connectivity index (χ3v) is 3.88. The summed E-state index contributed by atoms with van der Waals surface area (Å²) in [6.45, 7) is 3.83. The van der Waals surface area contributed by atoms with Crippen LogP contribution in [0.15, 0.2) is 33.5 Å². The van der Waals surface area contributed by atoms with E-state index in [0.717, 1.165) is 0 Å². The van der Waals surface area contributed by atoms with Crippen molar-refractivity contribution in [2.75, 3.05) is 0 Å². The van der Waals surface area contributed by atoms with Crippen molar-refractivity contribution in [3.8, 4) is 5.75 Å². The minimum absolute atomic E-state index is 0.0694. The largest absolute Gasteiger partial charge is 0.507 e. The van der Waals surface area contributed by atoms with E-state index in [9.17, 15) is 14.1 Å². The Kier molecular flexibility index (Phi) is 5.04. The lowest BCUT2D eigenvalue weighted by Gasteiger charge is -2.11. The summed E-state index contributed by atoms with van der Waals surface area (Å²) in [4.78, 5) is 11.7. The molecule has 0 fully saturated rings. The fraction of sp³-hybridized carbons (Fsp3) is 0.417. The summed E-state index contributed by atoms with van der Waals surface area (Å²) in [7, 11) is -3.48. The second kappa shape index (κ2) is 6.14. The molecule has 1 unspecified atom stereocenters. The summed E-state index contributed by atoms with van der Waals surface area (Å²) in [6, 6.07) is 4.96. The van der Waals surface area contributed by atoms with Crippen molar-refractivity contribution >= 4 is 15.8 Å². The highest BCUT2D eigenvalue weighted by Gasteiger charge is 2.19. The fourth-order valence-electron chi connectivity index (χ4n) is 1.56. The van der Waals surface area contributed by atoms with Gasteiger partial charge in [-0.15, -0.1) is 4.36 Å². The average molecular weight is 285 g/mol. The summed E-state index contributed by atoms with van der Waals surface area (Å²) in [5.74, 6) is -0.762. The van der Waals surface area contributed by atoms with Crippen molar-refractivity contribution in [3.05, 3.63) is 24.3 Å². The van der Waals surface area contributed by atoms with Gasteiger partial charge in [-0.05, 0) is 24.5 Å². The predicted octanol–water partition coefficient (Wildman–Crippen LogP) is 0.993. The Morgan fingerprint density at radius 3 is 2.53 bits per heavy atom. The number of carbonyl (C=O) groups excluding carboxylic acids is 1. The van der Waals surface area contributed by atoms with Gasteiger partial charge in [-0.3, -0.25) is 4.79 Å². The van der Waals surface area contributed by atoms with Gasteiger partial charge in [-0.25, -0.2) is 9.35 Å². The minimum atomic E-state index is -3.48. The van der Waals surface area contributed by atoms with E-state index in [-0.39, 0.29) is 16.6 Å². The van der Waals surface area contributed by atoms with Gasteiger partial charge in [0.1, 0.15) is 20.6 Å². The van der Waals surface area contributed by atoms with Gasteiger partial charge < -0.3 is 10.8 Å². The van der Waals surface area contributed by atoms with Crippen LogP contribution in [0.3, 0.4) is 0 Å². The zero-order valence-corrected chi connectivity index (χ0v) is 11.8. The lowest BCUT2D eigenvalue weighted by atomic mass is 10.0. The smallest absolute Gasteiger partial charge is 0.271 e. The first-order chi connectivity index (χ1) is 8.74. The van der Waals surface area contributed by atoms with Gasteiger partial charge in [0, 0.05) is 0 Å². The lowest BCUT2D eigenvalue weighted by molar-refractivity contribution is -0.119. The van der Waals surface area contributed by atoms with E-state index in [1.54, 1.807) is 12.1 Å². The lowest BCUT2D eigenvalue weighted by Crippen LogP contribution is -2.32. The first-order valence-corrected chi connectivity index (χ1v) is 7.44. The number of phenolic OH excluding ortho intramolecular Hbond substituents is 1. The van der Waals surface area contributed by atoms with E-state index >= 15 is 0 Å². The zero-order chi connectivity index (χ0) is 14.6. The summed E-state index contributed by atoms with van der Waals surface area (Å²) in [6.07, 6.45) is 0.429. The van der Waals surface area contributed by atoms with Crippen LogP contribution in [0.25, 0.3) is 0 Å². The molecule has 1 aromatic rings. The maximum absolute atomic E-state index is 12.2. The molecule has 0 aliphatic heterocycles. The molecule has 0 aliphatic rings. The molecule has 0 bridgehead atoms. The predicted molar refractivity (Wildman–Crippen MR) is 73.6 cm³/mol. The number of carbonyl (C=O) groups is 1. The maximum atomic E-state index is 12.2. The number of nitrogens with two attached hydrogens (primary N) is 2. The van der Waals surface area contributed by atoms with Gasteiger partial charge in [-0.2, -0.15) is 0 Å².